The van der Waals surface area contributed by atoms with E-state index in [1.807, 2.05) is 84.9 Å². The molecule has 0 aliphatic heterocycles. The van der Waals surface area contributed by atoms with Gasteiger partial charge in [0.05, 0.1) is 89.1 Å². The quantitative estimate of drug-likeness (QED) is 0.162. The van der Waals surface area contributed by atoms with E-state index in [1.165, 1.54) is 22.7 Å². The highest BCUT2D eigenvalue weighted by Crippen LogP contribution is 2.51. The van der Waals surface area contributed by atoms with Crippen LogP contribution in [0.5, 0.6) is 0 Å². The van der Waals surface area contributed by atoms with Crippen LogP contribution in [-0.2, 0) is 24.7 Å². The Labute approximate surface area is 505 Å². The summed E-state index contributed by atoms with van der Waals surface area (Å²) in [5.74, 6) is 0. The Morgan fingerprint density at radius 1 is 0.267 bits per heavy atom. The van der Waals surface area contributed by atoms with Gasteiger partial charge in [-0.15, -0.1) is 22.7 Å². The van der Waals surface area contributed by atoms with Crippen LogP contribution in [0.15, 0.2) is 200 Å². The molecule has 11 aromatic carbocycles. The summed E-state index contributed by atoms with van der Waals surface area (Å²) in [6, 6.07) is 52.3. The lowest BCUT2D eigenvalue weighted by atomic mass is 10.0. The molecule has 90 heavy (non-hydrogen) atoms. The summed E-state index contributed by atoms with van der Waals surface area (Å²) in [5.41, 5.74) is -5.57. The van der Waals surface area contributed by atoms with Gasteiger partial charge in [0.15, 0.2) is 0 Å². The molecule has 17 rings (SSSR count). The number of hydrogen-bond donors (Lipinski definition) is 0. The van der Waals surface area contributed by atoms with Crippen LogP contribution < -0.4 is 0 Å². The first-order valence-electron chi connectivity index (χ1n) is 27.9. The van der Waals surface area contributed by atoms with E-state index in [4.69, 9.17) is 0 Å². The molecule has 19 heteroatoms. The number of halogens is 12. The van der Waals surface area contributed by atoms with Crippen LogP contribution in [0.1, 0.15) is 27.8 Å². The van der Waals surface area contributed by atoms with Crippen LogP contribution >= 0.6 is 22.7 Å². The minimum atomic E-state index is -5.05. The van der Waals surface area contributed by atoms with Crippen LogP contribution in [-0.4, -0.2) is 18.3 Å². The van der Waals surface area contributed by atoms with Crippen LogP contribution in [0, 0.1) is 11.3 Å². The van der Waals surface area contributed by atoms with Crippen molar-refractivity contribution in [3.63, 3.8) is 0 Å². The van der Waals surface area contributed by atoms with Gasteiger partial charge in [0.1, 0.15) is 11.6 Å². The third-order valence-corrected chi connectivity index (χ3v) is 19.7. The van der Waals surface area contributed by atoms with Crippen LogP contribution in [0.3, 0.4) is 0 Å². The lowest BCUT2D eigenvalue weighted by Crippen LogP contribution is -2.14. The maximum Gasteiger partial charge on any atom is 0.416 e. The van der Waals surface area contributed by atoms with Gasteiger partial charge in [0.25, 0.3) is 0 Å². The summed E-state index contributed by atoms with van der Waals surface area (Å²) < 4.78 is 194. The maximum absolute atomic E-state index is 15.4. The summed E-state index contributed by atoms with van der Waals surface area (Å²) >= 11 is 3.06. The fourth-order valence-electron chi connectivity index (χ4n) is 13.7. The second-order valence-electron chi connectivity index (χ2n) is 22.3. The van der Waals surface area contributed by atoms with Gasteiger partial charge in [0, 0.05) is 83.4 Å². The van der Waals surface area contributed by atoms with Gasteiger partial charge in [-0.1, -0.05) is 97.1 Å². The molecule has 6 aromatic heterocycles. The minimum absolute atomic E-state index is 0.00951. The zero-order valence-corrected chi connectivity index (χ0v) is 47.3. The molecule has 0 fully saturated rings. The van der Waals surface area contributed by atoms with E-state index in [1.54, 1.807) is 51.6 Å². The first kappa shape index (κ1) is 53.9. The van der Waals surface area contributed by atoms with Crippen molar-refractivity contribution in [2.75, 3.05) is 0 Å². The highest BCUT2D eigenvalue weighted by molar-refractivity contribution is 7.26. The Morgan fingerprint density at radius 3 is 0.900 bits per heavy atom. The second-order valence-corrected chi connectivity index (χ2v) is 24.5. The predicted molar refractivity (Wildman–Crippen MR) is 334 cm³/mol. The molecule has 0 spiro atoms. The van der Waals surface area contributed by atoms with Gasteiger partial charge in [0.2, 0.25) is 0 Å². The number of nitriles is 1. The lowest BCUT2D eigenvalue weighted by Gasteiger charge is -2.25. The Bertz CT molecular complexity index is 5570. The monoisotopic (exact) mass is 1250 g/mol. The van der Waals surface area contributed by atoms with E-state index in [-0.39, 0.29) is 66.4 Å². The highest BCUT2D eigenvalue weighted by Gasteiger charge is 2.38. The zero-order chi connectivity index (χ0) is 61.8. The van der Waals surface area contributed by atoms with E-state index in [9.17, 15) is 5.26 Å². The molecule has 0 atom stereocenters. The molecule has 0 bridgehead atoms. The van der Waals surface area contributed by atoms with Crippen molar-refractivity contribution in [2.45, 2.75) is 24.7 Å². The molecule has 0 saturated heterocycles. The van der Waals surface area contributed by atoms with E-state index in [0.29, 0.717) is 43.6 Å². The van der Waals surface area contributed by atoms with Crippen molar-refractivity contribution in [2.24, 2.45) is 0 Å². The SMILES string of the molecule is N#Cc1c(-n2c3cc(C(F)(F)F)ccc3c3ccc(C(F)(F)F)cc32)c(-n2c3ccccc3c3cc4sc5ccccc5c4cc32)cc(-n2c3ccccc3c3cc4sc5ccccc5c4cc32)c1-n1c2cc(C(F)(F)F)ccc2c2ccc(C(F)(F)F)cc21. The average molecular weight is 1250 g/mol. The summed E-state index contributed by atoms with van der Waals surface area (Å²) in [5, 5.41) is 18.7. The van der Waals surface area contributed by atoms with Crippen molar-refractivity contribution in [3.05, 3.63) is 228 Å². The molecule has 6 heterocycles. The van der Waals surface area contributed by atoms with Gasteiger partial charge in [-0.25, -0.2) is 0 Å². The average Bonchev–Trinajstić information content (AvgIpc) is 1.50. The Morgan fingerprint density at radius 2 is 0.567 bits per heavy atom. The largest absolute Gasteiger partial charge is 0.416 e. The fourth-order valence-corrected chi connectivity index (χ4v) is 15.9. The molecule has 0 unspecified atom stereocenters. The number of para-hydroxylation sites is 2. The standard InChI is InChI=1S/C71H33F12N5S2/c72-68(73,74)35-17-21-41-42-22-18-36(69(75,76)77)26-55(42)87(54(41)25-35)66-51(34-84)67(88-56-27-37(70(78,79)80)19-23-43(56)44-24-20-38(28-57(44)88)71(81,82)83)61(86-53-14-6-2-10-40(53)48-32-65-50(30-59(48)86)46-12-4-8-16-63(46)90-65)33-60(66)85-52-13-5-1-9-39(52)47-31-64-49(29-58(47)85)45-11-3-7-15-62(45)89-64/h1-33H. The van der Waals surface area contributed by atoms with Crippen molar-refractivity contribution >= 4 is 150 Å². The summed E-state index contributed by atoms with van der Waals surface area (Å²) in [7, 11) is 0. The van der Waals surface area contributed by atoms with E-state index in [0.717, 1.165) is 122 Å². The van der Waals surface area contributed by atoms with Gasteiger partial charge in [-0.05, 0) is 103 Å². The second kappa shape index (κ2) is 18.4. The molecule has 0 aliphatic carbocycles. The third-order valence-electron chi connectivity index (χ3n) is 17.5. The van der Waals surface area contributed by atoms with Crippen molar-refractivity contribution < 1.29 is 52.7 Å². The van der Waals surface area contributed by atoms with Gasteiger partial charge < -0.3 is 18.3 Å². The van der Waals surface area contributed by atoms with Crippen LogP contribution in [0.25, 0.3) is 150 Å². The number of alkyl halides is 12. The van der Waals surface area contributed by atoms with E-state index < -0.39 is 52.5 Å². The van der Waals surface area contributed by atoms with Crippen molar-refractivity contribution in [3.8, 4) is 28.8 Å². The Balaban J connectivity index is 1.18. The molecule has 0 amide bonds. The number of fused-ring (bicyclic) bond motifs is 18. The van der Waals surface area contributed by atoms with Gasteiger partial charge >= 0.3 is 24.7 Å². The summed E-state index contributed by atoms with van der Waals surface area (Å²) in [6.07, 6.45) is -20.2. The molecule has 0 aliphatic rings. The fraction of sp³-hybridized carbons (Fsp3) is 0.0563. The van der Waals surface area contributed by atoms with E-state index in [2.05, 4.69) is 6.07 Å². The van der Waals surface area contributed by atoms with Crippen molar-refractivity contribution in [1.82, 2.24) is 18.3 Å². The number of benzene rings is 11. The first-order chi connectivity index (χ1) is 43.1. The number of nitrogens with zero attached hydrogens (tertiary/aromatic N) is 5. The molecule has 0 radical (unpaired) electrons. The molecule has 17 aromatic rings. The number of hydrogen-bond acceptors (Lipinski definition) is 3. The zero-order valence-electron chi connectivity index (χ0n) is 45.6. The smallest absolute Gasteiger partial charge is 0.307 e. The highest BCUT2D eigenvalue weighted by atomic mass is 32.1. The molecule has 438 valence electrons. The number of aromatic nitrogens is 4. The Kier molecular flexibility index (Phi) is 11.0. The first-order valence-corrected chi connectivity index (χ1v) is 29.5. The molecule has 0 saturated carbocycles. The Hall–Kier alpha value is -10.3. The maximum atomic E-state index is 15.4. The minimum Gasteiger partial charge on any atom is -0.307 e. The third kappa shape index (κ3) is 7.70. The topological polar surface area (TPSA) is 43.5 Å². The van der Waals surface area contributed by atoms with Crippen LogP contribution in [0.2, 0.25) is 0 Å². The number of thiophene rings is 2. The predicted octanol–water partition coefficient (Wildman–Crippen LogP) is 22.8. The lowest BCUT2D eigenvalue weighted by molar-refractivity contribution is -0.138. The molecule has 5 nitrogen and oxygen atoms in total. The van der Waals surface area contributed by atoms with Gasteiger partial charge in [-0.2, -0.15) is 57.9 Å². The normalized spacial score (nSPS) is 13.1. The summed E-state index contributed by atoms with van der Waals surface area (Å²) in [6.45, 7) is 0. The van der Waals surface area contributed by atoms with E-state index >= 15 is 52.7 Å². The molecular formula is C71H33F12N5S2. The molecule has 0 N–H and O–H groups in total. The summed E-state index contributed by atoms with van der Waals surface area (Å²) in [4.78, 5) is 0. The molecular weight excluding hydrogens is 1210 g/mol. The number of rotatable bonds is 4. The van der Waals surface area contributed by atoms with Gasteiger partial charge in [-0.3, -0.25) is 0 Å². The van der Waals surface area contributed by atoms with Crippen molar-refractivity contribution in [1.29, 1.82) is 5.26 Å². The van der Waals surface area contributed by atoms with Crippen LogP contribution in [0.4, 0.5) is 52.7 Å².